The molecule has 11 heteroatoms. The van der Waals surface area contributed by atoms with Crippen molar-refractivity contribution in [3.8, 4) is 22.8 Å². The van der Waals surface area contributed by atoms with Gasteiger partial charge in [-0.3, -0.25) is 10.1 Å². The number of nitrogens with zero attached hydrogens (tertiary/aromatic N) is 4. The number of anilines is 1. The molecule has 0 aliphatic rings. The molecule has 0 bridgehead atoms. The molecule has 0 aliphatic carbocycles. The van der Waals surface area contributed by atoms with Crippen molar-refractivity contribution in [3.05, 3.63) is 84.2 Å². The average Bonchev–Trinajstić information content (AvgIpc) is 3.45. The predicted octanol–water partition coefficient (Wildman–Crippen LogP) is 6.26. The van der Waals surface area contributed by atoms with Crippen molar-refractivity contribution in [1.29, 1.82) is 0 Å². The predicted molar refractivity (Wildman–Crippen MR) is 162 cm³/mol. The van der Waals surface area contributed by atoms with Gasteiger partial charge < -0.3 is 14.8 Å². The van der Waals surface area contributed by atoms with Gasteiger partial charge in [0, 0.05) is 11.3 Å². The summed E-state index contributed by atoms with van der Waals surface area (Å²) in [5, 5.41) is 10.4. The molecule has 0 fully saturated rings. The maximum absolute atomic E-state index is 12.9. The van der Waals surface area contributed by atoms with Gasteiger partial charge in [-0.15, -0.1) is 5.10 Å². The van der Waals surface area contributed by atoms with Gasteiger partial charge in [-0.25, -0.2) is 19.5 Å². The Bertz CT molecular complexity index is 1530. The summed E-state index contributed by atoms with van der Waals surface area (Å²) in [6.07, 6.45) is 1.67. The lowest BCUT2D eigenvalue weighted by molar-refractivity contribution is -0.144. The van der Waals surface area contributed by atoms with Crippen LogP contribution in [-0.2, 0) is 9.53 Å². The second-order valence-corrected chi connectivity index (χ2v) is 10.4. The standard InChI is InChI=1S/C30H32N6O4S/c1-19(2)28(37)40-18-41-30(33-26-15-14-25(39-5)16-21(26)4)34-29(38)32-23-10-8-22(9-11-23)27-31-17-36(35-27)24-12-6-20(3)7-13-24/h6-17,19H,18H2,1-5H3,(H2,32,33,34,38). The van der Waals surface area contributed by atoms with E-state index in [4.69, 9.17) is 9.47 Å². The fourth-order valence-corrected chi connectivity index (χ4v) is 4.19. The number of carbonyl (C=O) groups is 2. The molecule has 1 aromatic heterocycles. The van der Waals surface area contributed by atoms with Crippen LogP contribution in [0.5, 0.6) is 5.75 Å². The zero-order valence-corrected chi connectivity index (χ0v) is 24.4. The fraction of sp³-hybridized carbons (Fsp3) is 0.233. The van der Waals surface area contributed by atoms with E-state index in [-0.39, 0.29) is 23.0 Å². The topological polar surface area (TPSA) is 120 Å². The van der Waals surface area contributed by atoms with Crippen LogP contribution in [0.2, 0.25) is 0 Å². The molecule has 212 valence electrons. The van der Waals surface area contributed by atoms with E-state index in [0.29, 0.717) is 22.9 Å². The third-order valence-corrected chi connectivity index (χ3v) is 6.61. The number of amides is 2. The normalized spacial score (nSPS) is 11.3. The molecular weight excluding hydrogens is 540 g/mol. The van der Waals surface area contributed by atoms with Crippen LogP contribution in [0.3, 0.4) is 0 Å². The summed E-state index contributed by atoms with van der Waals surface area (Å²) in [6.45, 7) is 7.44. The van der Waals surface area contributed by atoms with Crippen molar-refractivity contribution < 1.29 is 19.1 Å². The molecule has 2 amide bonds. The number of rotatable bonds is 8. The lowest BCUT2D eigenvalue weighted by atomic mass is 10.2. The molecule has 0 radical (unpaired) electrons. The average molecular weight is 573 g/mol. The summed E-state index contributed by atoms with van der Waals surface area (Å²) in [7, 11) is 1.59. The highest BCUT2D eigenvalue weighted by Crippen LogP contribution is 2.25. The highest BCUT2D eigenvalue weighted by molar-refractivity contribution is 8.13. The largest absolute Gasteiger partial charge is 0.497 e. The van der Waals surface area contributed by atoms with E-state index in [1.54, 1.807) is 56.2 Å². The highest BCUT2D eigenvalue weighted by atomic mass is 32.2. The van der Waals surface area contributed by atoms with Crippen molar-refractivity contribution in [3.63, 3.8) is 0 Å². The minimum atomic E-state index is -0.493. The third kappa shape index (κ3) is 8.18. The van der Waals surface area contributed by atoms with Crippen LogP contribution in [0.1, 0.15) is 25.0 Å². The summed E-state index contributed by atoms with van der Waals surface area (Å²) in [5.74, 6) is 0.680. The number of urea groups is 1. The van der Waals surface area contributed by atoms with Gasteiger partial charge in [0.2, 0.25) is 0 Å². The van der Waals surface area contributed by atoms with Crippen molar-refractivity contribution >= 4 is 40.3 Å². The number of ether oxygens (including phenoxy) is 2. The molecule has 0 spiro atoms. The van der Waals surface area contributed by atoms with Crippen LogP contribution in [0.4, 0.5) is 16.2 Å². The molecule has 2 N–H and O–H groups in total. The molecule has 0 aliphatic heterocycles. The summed E-state index contributed by atoms with van der Waals surface area (Å²) >= 11 is 1.11. The third-order valence-electron chi connectivity index (χ3n) is 5.91. The Labute approximate surface area is 243 Å². The number of carbonyl (C=O) groups excluding carboxylic acids is 2. The molecule has 4 aromatic rings. The van der Waals surface area contributed by atoms with Crippen LogP contribution in [0.25, 0.3) is 17.1 Å². The van der Waals surface area contributed by atoms with Gasteiger partial charge in [0.25, 0.3) is 0 Å². The Balaban J connectivity index is 1.43. The monoisotopic (exact) mass is 572 g/mol. The van der Waals surface area contributed by atoms with E-state index < -0.39 is 6.03 Å². The lowest BCUT2D eigenvalue weighted by Gasteiger charge is -2.12. The minimum absolute atomic E-state index is 0.00224. The van der Waals surface area contributed by atoms with Gasteiger partial charge in [0.1, 0.15) is 18.0 Å². The van der Waals surface area contributed by atoms with Crippen LogP contribution >= 0.6 is 11.8 Å². The van der Waals surface area contributed by atoms with E-state index in [2.05, 4.69) is 25.7 Å². The zero-order valence-electron chi connectivity index (χ0n) is 23.5. The summed E-state index contributed by atoms with van der Waals surface area (Å²) in [5.41, 5.74) is 4.97. The van der Waals surface area contributed by atoms with Gasteiger partial charge in [-0.05, 0) is 85.8 Å². The number of amidine groups is 1. The van der Waals surface area contributed by atoms with Gasteiger partial charge in [0.15, 0.2) is 11.0 Å². The molecule has 3 aromatic carbocycles. The second-order valence-electron chi connectivity index (χ2n) is 9.45. The van der Waals surface area contributed by atoms with Crippen LogP contribution in [0.15, 0.2) is 78.0 Å². The Hall–Kier alpha value is -4.64. The van der Waals surface area contributed by atoms with Crippen molar-refractivity contribution in [2.45, 2.75) is 27.7 Å². The highest BCUT2D eigenvalue weighted by Gasteiger charge is 2.13. The molecule has 0 atom stereocenters. The lowest BCUT2D eigenvalue weighted by Crippen LogP contribution is -2.33. The number of aryl methyl sites for hydroxylation is 2. The molecule has 0 saturated carbocycles. The maximum Gasteiger partial charge on any atom is 0.325 e. The van der Waals surface area contributed by atoms with Gasteiger partial charge in [0.05, 0.1) is 24.4 Å². The fourth-order valence-electron chi connectivity index (χ4n) is 3.58. The van der Waals surface area contributed by atoms with Crippen molar-refractivity contribution in [1.82, 2.24) is 20.1 Å². The Morgan fingerprint density at radius 2 is 1.76 bits per heavy atom. The van der Waals surface area contributed by atoms with Gasteiger partial charge >= 0.3 is 12.0 Å². The number of hydrogen-bond donors (Lipinski definition) is 2. The Morgan fingerprint density at radius 1 is 1.02 bits per heavy atom. The van der Waals surface area contributed by atoms with Crippen LogP contribution in [0, 0.1) is 19.8 Å². The van der Waals surface area contributed by atoms with E-state index in [1.807, 2.05) is 56.3 Å². The summed E-state index contributed by atoms with van der Waals surface area (Å²) in [6, 6.07) is 20.1. The van der Waals surface area contributed by atoms with Crippen molar-refractivity contribution in [2.75, 3.05) is 18.4 Å². The van der Waals surface area contributed by atoms with Gasteiger partial charge in [-0.1, -0.05) is 31.5 Å². The second kappa shape index (κ2) is 13.6. The minimum Gasteiger partial charge on any atom is -0.497 e. The van der Waals surface area contributed by atoms with E-state index in [1.165, 1.54) is 5.56 Å². The molecule has 1 heterocycles. The zero-order chi connectivity index (χ0) is 29.4. The van der Waals surface area contributed by atoms with Crippen molar-refractivity contribution in [2.24, 2.45) is 10.9 Å². The molecule has 0 saturated heterocycles. The van der Waals surface area contributed by atoms with Crippen LogP contribution < -0.4 is 15.4 Å². The van der Waals surface area contributed by atoms with E-state index in [0.717, 1.165) is 28.6 Å². The number of methoxy groups -OCH3 is 1. The number of benzene rings is 3. The quantitative estimate of drug-likeness (QED) is 0.111. The Kier molecular flexibility index (Phi) is 9.75. The smallest absolute Gasteiger partial charge is 0.325 e. The van der Waals surface area contributed by atoms with E-state index >= 15 is 0 Å². The van der Waals surface area contributed by atoms with Crippen LogP contribution in [-0.4, -0.2) is 45.0 Å². The first-order valence-corrected chi connectivity index (χ1v) is 13.9. The number of esters is 1. The van der Waals surface area contributed by atoms with E-state index in [9.17, 15) is 9.59 Å². The number of aromatic nitrogens is 3. The first-order chi connectivity index (χ1) is 19.7. The summed E-state index contributed by atoms with van der Waals surface area (Å²) in [4.78, 5) is 33.8. The molecule has 10 nitrogen and oxygen atoms in total. The first kappa shape index (κ1) is 29.3. The summed E-state index contributed by atoms with van der Waals surface area (Å²) < 4.78 is 12.2. The Morgan fingerprint density at radius 3 is 2.41 bits per heavy atom. The molecule has 4 rings (SSSR count). The first-order valence-electron chi connectivity index (χ1n) is 12.9. The number of aliphatic imine (C=N–C) groups is 1. The number of nitrogens with one attached hydrogen (secondary N) is 2. The molecular formula is C30H32N6O4S. The molecule has 0 unspecified atom stereocenters. The molecule has 41 heavy (non-hydrogen) atoms. The number of hydrogen-bond acceptors (Lipinski definition) is 8. The number of thioether (sulfide) groups is 1. The maximum atomic E-state index is 12.9. The van der Waals surface area contributed by atoms with Gasteiger partial charge in [-0.2, -0.15) is 0 Å². The SMILES string of the molecule is COc1ccc(N=C(NC(=O)Nc2ccc(-c3ncn(-c4ccc(C)cc4)n3)cc2)SCOC(=O)C(C)C)c(C)c1.